The minimum atomic E-state index is -0.837. The Hall–Kier alpha value is -1.35. The van der Waals surface area contributed by atoms with Gasteiger partial charge in [0.05, 0.1) is 0 Å². The van der Waals surface area contributed by atoms with Crippen molar-refractivity contribution >= 4 is 5.91 Å². The first-order valence-corrected chi connectivity index (χ1v) is 5.75. The van der Waals surface area contributed by atoms with E-state index in [1.54, 1.807) is 0 Å². The third kappa shape index (κ3) is 3.35. The Morgan fingerprint density at radius 3 is 2.69 bits per heavy atom. The van der Waals surface area contributed by atoms with E-state index in [1.165, 1.54) is 0 Å². The van der Waals surface area contributed by atoms with Crippen LogP contribution in [0.4, 0.5) is 0 Å². The fourth-order valence-corrected chi connectivity index (χ4v) is 1.68. The monoisotopic (exact) mass is 219 g/mol. The van der Waals surface area contributed by atoms with Gasteiger partial charge in [0.2, 0.25) is 5.91 Å². The average molecular weight is 219 g/mol. The van der Waals surface area contributed by atoms with Crippen molar-refractivity contribution in [1.29, 1.82) is 0 Å². The normalized spacial score (nSPS) is 16.8. The van der Waals surface area contributed by atoms with Crippen LogP contribution in [0, 0.1) is 5.92 Å². The number of aliphatic hydroxyl groups excluding tert-OH is 1. The topological polar surface area (TPSA) is 49.3 Å². The summed E-state index contributed by atoms with van der Waals surface area (Å²) in [7, 11) is 0. The molecule has 1 amide bonds. The molecule has 3 heteroatoms. The van der Waals surface area contributed by atoms with Gasteiger partial charge in [0, 0.05) is 6.54 Å². The highest BCUT2D eigenvalue weighted by molar-refractivity contribution is 5.80. The van der Waals surface area contributed by atoms with E-state index in [2.05, 4.69) is 5.32 Å². The zero-order valence-electron chi connectivity index (χ0n) is 9.23. The third-order valence-corrected chi connectivity index (χ3v) is 2.87. The lowest BCUT2D eigenvalue weighted by Crippen LogP contribution is -2.34. The summed E-state index contributed by atoms with van der Waals surface area (Å²) < 4.78 is 0. The Morgan fingerprint density at radius 2 is 2.06 bits per heavy atom. The van der Waals surface area contributed by atoms with Gasteiger partial charge in [-0.1, -0.05) is 43.2 Å². The minimum Gasteiger partial charge on any atom is -0.383 e. The van der Waals surface area contributed by atoms with Gasteiger partial charge in [0.1, 0.15) is 6.10 Å². The largest absolute Gasteiger partial charge is 0.383 e. The van der Waals surface area contributed by atoms with Crippen LogP contribution in [0.25, 0.3) is 0 Å². The van der Waals surface area contributed by atoms with Gasteiger partial charge in [0.25, 0.3) is 0 Å². The number of rotatable bonds is 5. The van der Waals surface area contributed by atoms with Gasteiger partial charge >= 0.3 is 0 Å². The van der Waals surface area contributed by atoms with Crippen molar-refractivity contribution in [3.8, 4) is 0 Å². The predicted molar refractivity (Wildman–Crippen MR) is 61.6 cm³/mol. The quantitative estimate of drug-likeness (QED) is 0.787. The Kier molecular flexibility index (Phi) is 3.57. The van der Waals surface area contributed by atoms with Gasteiger partial charge in [0.15, 0.2) is 0 Å². The van der Waals surface area contributed by atoms with Gasteiger partial charge in [-0.15, -0.1) is 0 Å². The molecule has 0 aromatic heterocycles. The second kappa shape index (κ2) is 5.12. The molecule has 16 heavy (non-hydrogen) atoms. The van der Waals surface area contributed by atoms with Crippen LogP contribution >= 0.6 is 0 Å². The molecule has 1 atom stereocenters. The van der Waals surface area contributed by atoms with Crippen LogP contribution < -0.4 is 5.32 Å². The summed E-state index contributed by atoms with van der Waals surface area (Å²) in [6, 6.07) is 9.71. The molecule has 0 aliphatic heterocycles. The van der Waals surface area contributed by atoms with Crippen LogP contribution in [0.2, 0.25) is 0 Å². The second-order valence-corrected chi connectivity index (χ2v) is 4.40. The summed E-state index contributed by atoms with van der Waals surface area (Å²) in [5, 5.41) is 12.3. The van der Waals surface area contributed by atoms with Gasteiger partial charge in [-0.2, -0.15) is 0 Å². The van der Waals surface area contributed by atoms with E-state index in [0.717, 1.165) is 18.4 Å². The zero-order valence-corrected chi connectivity index (χ0v) is 9.23. The van der Waals surface area contributed by atoms with E-state index >= 15 is 0 Å². The van der Waals surface area contributed by atoms with E-state index in [1.807, 2.05) is 30.3 Å². The molecule has 0 heterocycles. The Labute approximate surface area is 95.5 Å². The third-order valence-electron chi connectivity index (χ3n) is 2.87. The summed E-state index contributed by atoms with van der Waals surface area (Å²) in [6.07, 6.45) is 2.09. The highest BCUT2D eigenvalue weighted by Gasteiger charge is 2.27. The Morgan fingerprint density at radius 1 is 1.38 bits per heavy atom. The molecule has 2 rings (SSSR count). The number of nitrogens with one attached hydrogen (secondary N) is 1. The molecule has 0 spiro atoms. The van der Waals surface area contributed by atoms with E-state index in [-0.39, 0.29) is 5.91 Å². The molecular weight excluding hydrogens is 202 g/mol. The number of carbonyl (C=O) groups is 1. The molecule has 1 aliphatic carbocycles. The maximum Gasteiger partial charge on any atom is 0.249 e. The van der Waals surface area contributed by atoms with E-state index < -0.39 is 6.10 Å². The van der Waals surface area contributed by atoms with Crippen LogP contribution in [-0.2, 0) is 11.3 Å². The SMILES string of the molecule is O=C(NCc1ccccc1)[C@@H](O)CC1CC1. The number of hydrogen-bond donors (Lipinski definition) is 2. The minimum absolute atomic E-state index is 0.254. The summed E-state index contributed by atoms with van der Waals surface area (Å²) in [4.78, 5) is 11.5. The lowest BCUT2D eigenvalue weighted by atomic mass is 10.1. The highest BCUT2D eigenvalue weighted by atomic mass is 16.3. The van der Waals surface area contributed by atoms with Crippen molar-refractivity contribution in [2.24, 2.45) is 5.92 Å². The van der Waals surface area contributed by atoms with Gasteiger partial charge in [-0.05, 0) is 17.9 Å². The van der Waals surface area contributed by atoms with Gasteiger partial charge < -0.3 is 10.4 Å². The predicted octanol–water partition coefficient (Wildman–Crippen LogP) is 1.46. The molecule has 1 aromatic rings. The maximum atomic E-state index is 11.5. The van der Waals surface area contributed by atoms with Crippen LogP contribution in [0.15, 0.2) is 30.3 Å². The molecule has 1 aromatic carbocycles. The molecule has 1 aliphatic rings. The summed E-state index contributed by atoms with van der Waals surface area (Å²) in [5.74, 6) is 0.313. The standard InChI is InChI=1S/C13H17NO2/c15-12(8-10-6-7-10)13(16)14-9-11-4-2-1-3-5-11/h1-5,10,12,15H,6-9H2,(H,14,16)/t12-/m0/s1. The molecule has 3 nitrogen and oxygen atoms in total. The number of aliphatic hydroxyl groups is 1. The highest BCUT2D eigenvalue weighted by Crippen LogP contribution is 2.33. The molecule has 0 saturated heterocycles. The fraction of sp³-hybridized carbons (Fsp3) is 0.462. The van der Waals surface area contributed by atoms with Crippen LogP contribution in [-0.4, -0.2) is 17.1 Å². The molecule has 0 bridgehead atoms. The van der Waals surface area contributed by atoms with Crippen molar-refractivity contribution in [2.45, 2.75) is 31.9 Å². The smallest absolute Gasteiger partial charge is 0.249 e. The average Bonchev–Trinajstić information content (AvgIpc) is 3.11. The Balaban J connectivity index is 1.74. The van der Waals surface area contributed by atoms with Crippen LogP contribution in [0.5, 0.6) is 0 Å². The number of hydrogen-bond acceptors (Lipinski definition) is 2. The first kappa shape index (κ1) is 11.1. The molecule has 2 N–H and O–H groups in total. The van der Waals surface area contributed by atoms with Gasteiger partial charge in [-0.25, -0.2) is 0 Å². The van der Waals surface area contributed by atoms with Crippen LogP contribution in [0.3, 0.4) is 0 Å². The van der Waals surface area contributed by atoms with Crippen LogP contribution in [0.1, 0.15) is 24.8 Å². The molecular formula is C13H17NO2. The zero-order chi connectivity index (χ0) is 11.4. The summed E-state index contributed by atoms with van der Waals surface area (Å²) in [5.41, 5.74) is 1.05. The van der Waals surface area contributed by atoms with Crippen molar-refractivity contribution in [1.82, 2.24) is 5.32 Å². The fourth-order valence-electron chi connectivity index (χ4n) is 1.68. The first-order valence-electron chi connectivity index (χ1n) is 5.75. The van der Waals surface area contributed by atoms with E-state index in [0.29, 0.717) is 18.9 Å². The number of amides is 1. The van der Waals surface area contributed by atoms with Crippen molar-refractivity contribution in [3.63, 3.8) is 0 Å². The summed E-state index contributed by atoms with van der Waals surface area (Å²) >= 11 is 0. The summed E-state index contributed by atoms with van der Waals surface area (Å²) in [6.45, 7) is 0.487. The van der Waals surface area contributed by atoms with E-state index in [4.69, 9.17) is 0 Å². The van der Waals surface area contributed by atoms with Crippen molar-refractivity contribution in [3.05, 3.63) is 35.9 Å². The molecule has 0 unspecified atom stereocenters. The molecule has 1 saturated carbocycles. The maximum absolute atomic E-state index is 11.5. The van der Waals surface area contributed by atoms with Crippen molar-refractivity contribution < 1.29 is 9.90 Å². The molecule has 86 valence electrons. The van der Waals surface area contributed by atoms with Gasteiger partial charge in [-0.3, -0.25) is 4.79 Å². The molecule has 0 radical (unpaired) electrons. The number of carbonyl (C=O) groups excluding carboxylic acids is 1. The lowest BCUT2D eigenvalue weighted by Gasteiger charge is -2.10. The molecule has 1 fully saturated rings. The number of benzene rings is 1. The Bertz CT molecular complexity index is 346. The van der Waals surface area contributed by atoms with E-state index in [9.17, 15) is 9.90 Å². The lowest BCUT2D eigenvalue weighted by molar-refractivity contribution is -0.130. The van der Waals surface area contributed by atoms with Crippen molar-refractivity contribution in [2.75, 3.05) is 0 Å². The first-order chi connectivity index (χ1) is 7.75. The second-order valence-electron chi connectivity index (χ2n) is 4.40.